The van der Waals surface area contributed by atoms with Crippen molar-refractivity contribution in [1.29, 1.82) is 0 Å². The van der Waals surface area contributed by atoms with Crippen LogP contribution in [0.15, 0.2) is 18.2 Å². The van der Waals surface area contributed by atoms with Crippen LogP contribution in [0.3, 0.4) is 0 Å². The lowest BCUT2D eigenvalue weighted by Crippen LogP contribution is -2.57. The van der Waals surface area contributed by atoms with Crippen molar-refractivity contribution < 1.29 is 19.1 Å². The summed E-state index contributed by atoms with van der Waals surface area (Å²) in [5, 5.41) is 0. The number of carbonyl (C=O) groups is 2. The van der Waals surface area contributed by atoms with Gasteiger partial charge in [-0.2, -0.15) is 0 Å². The average Bonchev–Trinajstić information content (AvgIpc) is 2.73. The standard InChI is InChI=1S/C20H29N3O4/c1-15-3-4-16(13-17(15)26-2)18(24)22-7-9-23(10-8-22)19(25)20(14-21)5-11-27-12-6-20/h3-4,13H,5-12,14,21H2,1-2H3. The Bertz CT molecular complexity index is 692. The van der Waals surface area contributed by atoms with E-state index in [1.54, 1.807) is 18.1 Å². The third kappa shape index (κ3) is 3.94. The van der Waals surface area contributed by atoms with Gasteiger partial charge >= 0.3 is 0 Å². The molecule has 0 aliphatic carbocycles. The molecule has 1 aromatic rings. The Balaban J connectivity index is 1.63. The summed E-state index contributed by atoms with van der Waals surface area (Å²) >= 11 is 0. The Morgan fingerprint density at radius 2 is 1.78 bits per heavy atom. The van der Waals surface area contributed by atoms with Gasteiger partial charge in [-0.3, -0.25) is 9.59 Å². The van der Waals surface area contributed by atoms with Crippen LogP contribution in [0.5, 0.6) is 5.75 Å². The van der Waals surface area contributed by atoms with Crippen molar-refractivity contribution in [3.63, 3.8) is 0 Å². The number of methoxy groups -OCH3 is 1. The molecular formula is C20H29N3O4. The fraction of sp³-hybridized carbons (Fsp3) is 0.600. The average molecular weight is 375 g/mol. The summed E-state index contributed by atoms with van der Waals surface area (Å²) in [6.07, 6.45) is 1.34. The predicted molar refractivity (Wildman–Crippen MR) is 102 cm³/mol. The van der Waals surface area contributed by atoms with Crippen LogP contribution in [0, 0.1) is 12.3 Å². The second-order valence-corrected chi connectivity index (χ2v) is 7.37. The zero-order valence-electron chi connectivity index (χ0n) is 16.2. The lowest BCUT2D eigenvalue weighted by atomic mass is 9.78. The van der Waals surface area contributed by atoms with Gasteiger partial charge in [-0.1, -0.05) is 6.07 Å². The molecule has 3 rings (SSSR count). The van der Waals surface area contributed by atoms with Crippen molar-refractivity contribution in [2.45, 2.75) is 19.8 Å². The van der Waals surface area contributed by atoms with E-state index in [1.807, 2.05) is 24.0 Å². The van der Waals surface area contributed by atoms with Gasteiger partial charge in [-0.05, 0) is 37.5 Å². The lowest BCUT2D eigenvalue weighted by Gasteiger charge is -2.42. The summed E-state index contributed by atoms with van der Waals surface area (Å²) in [6, 6.07) is 5.49. The minimum absolute atomic E-state index is 0.0278. The maximum Gasteiger partial charge on any atom is 0.254 e. The minimum Gasteiger partial charge on any atom is -0.496 e. The molecule has 0 spiro atoms. The van der Waals surface area contributed by atoms with Gasteiger partial charge < -0.3 is 25.0 Å². The van der Waals surface area contributed by atoms with Gasteiger partial charge in [0.2, 0.25) is 5.91 Å². The normalized spacial score (nSPS) is 19.7. The smallest absolute Gasteiger partial charge is 0.254 e. The highest BCUT2D eigenvalue weighted by atomic mass is 16.5. The molecule has 7 heteroatoms. The topological polar surface area (TPSA) is 85.1 Å². The summed E-state index contributed by atoms with van der Waals surface area (Å²) in [6.45, 7) is 5.58. The molecule has 148 valence electrons. The van der Waals surface area contributed by atoms with Crippen LogP contribution in [-0.2, 0) is 9.53 Å². The first-order valence-corrected chi connectivity index (χ1v) is 9.52. The molecule has 0 bridgehead atoms. The zero-order valence-corrected chi connectivity index (χ0v) is 16.2. The van der Waals surface area contributed by atoms with Crippen LogP contribution >= 0.6 is 0 Å². The number of nitrogens with two attached hydrogens (primary N) is 1. The van der Waals surface area contributed by atoms with E-state index in [0.717, 1.165) is 5.56 Å². The summed E-state index contributed by atoms with van der Waals surface area (Å²) in [5.74, 6) is 0.788. The van der Waals surface area contributed by atoms with Crippen LogP contribution < -0.4 is 10.5 Å². The Kier molecular flexibility index (Phi) is 6.01. The molecule has 0 unspecified atom stereocenters. The highest BCUT2D eigenvalue weighted by molar-refractivity contribution is 5.95. The van der Waals surface area contributed by atoms with Gasteiger partial charge in [0.15, 0.2) is 0 Å². The number of hydrogen-bond donors (Lipinski definition) is 1. The highest BCUT2D eigenvalue weighted by Gasteiger charge is 2.42. The molecule has 2 heterocycles. The maximum absolute atomic E-state index is 13.0. The Hall–Kier alpha value is -2.12. The molecule has 2 aliphatic rings. The molecule has 27 heavy (non-hydrogen) atoms. The highest BCUT2D eigenvalue weighted by Crippen LogP contribution is 2.32. The van der Waals surface area contributed by atoms with E-state index in [9.17, 15) is 9.59 Å². The summed E-state index contributed by atoms with van der Waals surface area (Å²) in [4.78, 5) is 29.5. The number of ether oxygens (including phenoxy) is 2. The van der Waals surface area contributed by atoms with Gasteiger partial charge in [0.1, 0.15) is 5.75 Å². The van der Waals surface area contributed by atoms with Crippen molar-refractivity contribution in [2.24, 2.45) is 11.1 Å². The molecule has 0 saturated carbocycles. The van der Waals surface area contributed by atoms with Gasteiger partial charge in [-0.15, -0.1) is 0 Å². The minimum atomic E-state index is -0.505. The first-order chi connectivity index (χ1) is 13.0. The third-order valence-corrected chi connectivity index (χ3v) is 5.80. The quantitative estimate of drug-likeness (QED) is 0.850. The van der Waals surface area contributed by atoms with E-state index in [-0.39, 0.29) is 11.8 Å². The van der Waals surface area contributed by atoms with Gasteiger partial charge in [0.05, 0.1) is 12.5 Å². The summed E-state index contributed by atoms with van der Waals surface area (Å²) in [7, 11) is 1.60. The van der Waals surface area contributed by atoms with Crippen molar-refractivity contribution in [2.75, 3.05) is 53.0 Å². The van der Waals surface area contributed by atoms with Crippen molar-refractivity contribution >= 4 is 11.8 Å². The first kappa shape index (κ1) is 19.6. The van der Waals surface area contributed by atoms with E-state index >= 15 is 0 Å². The molecule has 1 aromatic carbocycles. The monoisotopic (exact) mass is 375 g/mol. The number of benzene rings is 1. The molecule has 0 radical (unpaired) electrons. The van der Waals surface area contributed by atoms with Crippen molar-refractivity contribution in [1.82, 2.24) is 9.80 Å². The first-order valence-electron chi connectivity index (χ1n) is 9.52. The van der Waals surface area contributed by atoms with E-state index in [2.05, 4.69) is 0 Å². The van der Waals surface area contributed by atoms with Crippen LogP contribution in [-0.4, -0.2) is 74.7 Å². The molecule has 7 nitrogen and oxygen atoms in total. The Labute approximate surface area is 160 Å². The molecule has 0 aromatic heterocycles. The Morgan fingerprint density at radius 3 is 2.37 bits per heavy atom. The molecule has 2 amide bonds. The SMILES string of the molecule is COc1cc(C(=O)N2CCN(C(=O)C3(CN)CCOCC3)CC2)ccc1C. The van der Waals surface area contributed by atoms with Crippen LogP contribution in [0.2, 0.25) is 0 Å². The fourth-order valence-corrected chi connectivity index (χ4v) is 3.85. The number of nitrogens with zero attached hydrogens (tertiary/aromatic N) is 2. The van der Waals surface area contributed by atoms with E-state index in [1.165, 1.54) is 0 Å². The lowest BCUT2D eigenvalue weighted by molar-refractivity contribution is -0.148. The van der Waals surface area contributed by atoms with Crippen molar-refractivity contribution in [3.8, 4) is 5.75 Å². The molecule has 2 N–H and O–H groups in total. The summed E-state index contributed by atoms with van der Waals surface area (Å²) < 4.78 is 10.7. The number of rotatable bonds is 4. The number of hydrogen-bond acceptors (Lipinski definition) is 5. The Morgan fingerprint density at radius 1 is 1.15 bits per heavy atom. The molecule has 0 atom stereocenters. The zero-order chi connectivity index (χ0) is 19.4. The van der Waals surface area contributed by atoms with E-state index in [4.69, 9.17) is 15.2 Å². The van der Waals surface area contributed by atoms with E-state index in [0.29, 0.717) is 70.1 Å². The van der Waals surface area contributed by atoms with Gasteiger partial charge in [-0.25, -0.2) is 0 Å². The van der Waals surface area contributed by atoms with Crippen molar-refractivity contribution in [3.05, 3.63) is 29.3 Å². The third-order valence-electron chi connectivity index (χ3n) is 5.80. The predicted octanol–water partition coefficient (Wildman–Crippen LogP) is 1.04. The van der Waals surface area contributed by atoms with Crippen LogP contribution in [0.1, 0.15) is 28.8 Å². The number of piperazine rings is 1. The molecular weight excluding hydrogens is 346 g/mol. The molecule has 2 aliphatic heterocycles. The van der Waals surface area contributed by atoms with E-state index < -0.39 is 5.41 Å². The fourth-order valence-electron chi connectivity index (χ4n) is 3.85. The van der Waals surface area contributed by atoms with Gasteiger partial charge in [0, 0.05) is 51.5 Å². The molecule has 2 fully saturated rings. The van der Waals surface area contributed by atoms with Crippen LogP contribution in [0.25, 0.3) is 0 Å². The van der Waals surface area contributed by atoms with Crippen LogP contribution in [0.4, 0.5) is 0 Å². The van der Waals surface area contributed by atoms with Gasteiger partial charge in [0.25, 0.3) is 5.91 Å². The second kappa shape index (κ2) is 8.27. The maximum atomic E-state index is 13.0. The number of carbonyl (C=O) groups excluding carboxylic acids is 2. The number of aryl methyl sites for hydroxylation is 1. The molecule has 2 saturated heterocycles. The second-order valence-electron chi connectivity index (χ2n) is 7.37. The number of amides is 2. The summed E-state index contributed by atoms with van der Waals surface area (Å²) in [5.41, 5.74) is 7.06. The largest absolute Gasteiger partial charge is 0.496 e.